The summed E-state index contributed by atoms with van der Waals surface area (Å²) in [5.74, 6) is 0. The molecular formula is C56H38BN3Pt-2. The molecule has 0 fully saturated rings. The third-order valence-electron chi connectivity index (χ3n) is 12.4. The molecule has 5 heteroatoms. The van der Waals surface area contributed by atoms with Crippen LogP contribution in [0.1, 0.15) is 22.4 Å². The molecule has 292 valence electrons. The number of hydrogen-bond donors (Lipinski definition) is 0. The van der Waals surface area contributed by atoms with Crippen LogP contribution in [-0.2, 0) is 31.8 Å². The van der Waals surface area contributed by atoms with Crippen LogP contribution in [0.3, 0.4) is 0 Å². The molecule has 1 aliphatic rings. The molecular weight excluding hydrogens is 921 g/mol. The van der Waals surface area contributed by atoms with Crippen molar-refractivity contribution < 1.29 is 19.4 Å². The third-order valence-corrected chi connectivity index (χ3v) is 13.6. The molecule has 0 atom stereocenters. The van der Waals surface area contributed by atoms with E-state index < -0.39 is 5.41 Å². The molecule has 2 heterocycles. The van der Waals surface area contributed by atoms with Gasteiger partial charge in [-0.15, -0.1) is 0 Å². The second kappa shape index (κ2) is 15.3. The molecule has 1 aliphatic carbocycles. The van der Waals surface area contributed by atoms with Crippen LogP contribution in [0.2, 0.25) is 0 Å². The van der Waals surface area contributed by atoms with Crippen molar-refractivity contribution in [2.45, 2.75) is 5.41 Å². The van der Waals surface area contributed by atoms with Gasteiger partial charge in [0, 0.05) is 6.20 Å². The molecule has 0 saturated heterocycles. The first-order chi connectivity index (χ1) is 30.1. The maximum atomic E-state index is 5.15. The zero-order valence-corrected chi connectivity index (χ0v) is 35.7. The molecule has 11 rings (SSSR count). The first-order valence-corrected chi connectivity index (χ1v) is 21.8. The van der Waals surface area contributed by atoms with Gasteiger partial charge in [0.2, 0.25) is 0 Å². The van der Waals surface area contributed by atoms with E-state index in [1.54, 1.807) is 0 Å². The number of benzene rings is 8. The van der Waals surface area contributed by atoms with Gasteiger partial charge >= 0.3 is 315 Å². The number of para-hydroxylation sites is 2. The molecule has 0 bridgehead atoms. The van der Waals surface area contributed by atoms with E-state index in [0.717, 1.165) is 48.3 Å². The number of nitrogens with zero attached hydrogens (tertiary/aromatic N) is 3. The van der Waals surface area contributed by atoms with Crippen molar-refractivity contribution in [1.29, 1.82) is 0 Å². The molecule has 3 nitrogen and oxygen atoms in total. The van der Waals surface area contributed by atoms with Crippen LogP contribution < -0.4 is 16.4 Å². The average Bonchev–Trinajstić information content (AvgIpc) is 3.78. The van der Waals surface area contributed by atoms with Crippen LogP contribution in [0.25, 0.3) is 50.1 Å². The zero-order valence-electron chi connectivity index (χ0n) is 33.4. The number of rotatable bonds is 8. The summed E-state index contributed by atoms with van der Waals surface area (Å²) < 4.78 is 5.67. The Morgan fingerprint density at radius 1 is 0.492 bits per heavy atom. The van der Waals surface area contributed by atoms with Crippen LogP contribution in [0, 0.1) is 15.9 Å². The first-order valence-electron chi connectivity index (χ1n) is 20.6. The summed E-state index contributed by atoms with van der Waals surface area (Å²) in [6.45, 7) is -0.271. The van der Waals surface area contributed by atoms with Gasteiger partial charge in [-0.25, -0.2) is 0 Å². The molecule has 61 heavy (non-hydrogen) atoms. The summed E-state index contributed by atoms with van der Waals surface area (Å²) in [4.78, 5) is 5.15. The SMILES string of the molecule is Cn1[c](=[Pt])n(-c2[c-]c(B(c3[c-]c(C4(c5ccccn5)c5ccccc5-c5ccccc54)ccc3)c3c(-c4ccccc4)cccc3-c3ccccc3)ccc2)c2ccccc21. The van der Waals surface area contributed by atoms with Crippen molar-refractivity contribution in [3.63, 3.8) is 0 Å². The monoisotopic (exact) mass is 958 g/mol. The summed E-state index contributed by atoms with van der Waals surface area (Å²) in [6, 6.07) is 82.5. The van der Waals surface area contributed by atoms with Gasteiger partial charge in [0.1, 0.15) is 0 Å². The van der Waals surface area contributed by atoms with E-state index in [4.69, 9.17) is 4.98 Å². The average molecular weight is 959 g/mol. The Hall–Kier alpha value is -6.87. The number of pyridine rings is 1. The van der Waals surface area contributed by atoms with E-state index in [1.165, 1.54) is 44.4 Å². The van der Waals surface area contributed by atoms with Crippen LogP contribution in [0.5, 0.6) is 0 Å². The molecule has 0 radical (unpaired) electrons. The van der Waals surface area contributed by atoms with Gasteiger partial charge in [0.25, 0.3) is 0 Å². The molecule has 0 saturated carbocycles. The van der Waals surface area contributed by atoms with Gasteiger partial charge in [-0.05, 0) is 6.07 Å². The predicted molar refractivity (Wildman–Crippen MR) is 247 cm³/mol. The predicted octanol–water partition coefficient (Wildman–Crippen LogP) is 10.3. The van der Waals surface area contributed by atoms with Crippen molar-refractivity contribution in [3.8, 4) is 39.1 Å². The van der Waals surface area contributed by atoms with Crippen molar-refractivity contribution in [1.82, 2.24) is 14.1 Å². The fourth-order valence-electron chi connectivity index (χ4n) is 9.76. The summed E-state index contributed by atoms with van der Waals surface area (Å²) in [7, 11) is 2.13. The Balaban J connectivity index is 1.23. The van der Waals surface area contributed by atoms with Gasteiger partial charge in [-0.1, -0.05) is 42.5 Å². The first kappa shape index (κ1) is 37.2. The topological polar surface area (TPSA) is 22.8 Å². The zero-order chi connectivity index (χ0) is 40.9. The molecule has 0 unspecified atom stereocenters. The summed E-state index contributed by atoms with van der Waals surface area (Å²) >= 11 is 2.45. The van der Waals surface area contributed by atoms with E-state index in [2.05, 4.69) is 248 Å². The number of aryl methyl sites for hydroxylation is 1. The molecule has 10 aromatic rings. The second-order valence-electron chi connectivity index (χ2n) is 15.6. The van der Waals surface area contributed by atoms with Crippen molar-refractivity contribution >= 4 is 34.1 Å². The fourth-order valence-corrected chi connectivity index (χ4v) is 10.6. The van der Waals surface area contributed by atoms with E-state index in [0.29, 0.717) is 0 Å². The molecule has 0 amide bonds. The Labute approximate surface area is 367 Å². The number of fused-ring (bicyclic) bond motifs is 4. The van der Waals surface area contributed by atoms with E-state index in [-0.39, 0.29) is 6.71 Å². The molecule has 8 aromatic carbocycles. The van der Waals surface area contributed by atoms with Gasteiger partial charge in [0.15, 0.2) is 0 Å². The third kappa shape index (κ3) is 6.00. The summed E-state index contributed by atoms with van der Waals surface area (Å²) in [5.41, 5.74) is 17.5. The summed E-state index contributed by atoms with van der Waals surface area (Å²) in [6.07, 6.45) is 1.92. The molecule has 2 aromatic heterocycles. The van der Waals surface area contributed by atoms with Crippen LogP contribution in [0.15, 0.2) is 212 Å². The van der Waals surface area contributed by atoms with Gasteiger partial charge in [-0.3, -0.25) is 0 Å². The van der Waals surface area contributed by atoms with Crippen LogP contribution >= 0.6 is 0 Å². The number of imidazole rings is 1. The van der Waals surface area contributed by atoms with Crippen LogP contribution in [0.4, 0.5) is 0 Å². The molecule has 0 spiro atoms. The van der Waals surface area contributed by atoms with Gasteiger partial charge in [0.05, 0.1) is 0 Å². The number of hydrogen-bond acceptors (Lipinski definition) is 1. The normalized spacial score (nSPS) is 12.6. The van der Waals surface area contributed by atoms with E-state index in [1.807, 2.05) is 12.3 Å². The van der Waals surface area contributed by atoms with Crippen molar-refractivity contribution in [2.24, 2.45) is 7.05 Å². The Bertz CT molecular complexity index is 3200. The van der Waals surface area contributed by atoms with Gasteiger partial charge < -0.3 is 0 Å². The molecule has 0 N–H and O–H groups in total. The van der Waals surface area contributed by atoms with Crippen molar-refractivity contribution in [2.75, 3.05) is 0 Å². The fraction of sp³-hybridized carbons (Fsp3) is 0.0357. The molecule has 0 aliphatic heterocycles. The van der Waals surface area contributed by atoms with Crippen LogP contribution in [-0.4, -0.2) is 20.8 Å². The Morgan fingerprint density at radius 2 is 1.02 bits per heavy atom. The Morgan fingerprint density at radius 3 is 1.66 bits per heavy atom. The standard InChI is InChI=1S/C56H38BN3.Pt/c1-59-39-60(53-34-13-12-33-52(53)59)45-26-17-25-44(38-45)57(55-46(40-19-4-2-5-20-40)29-18-30-47(55)41-21-6-3-7-22-41)43-24-16-23-42(37-43)56(54-35-14-15-36-58-54)50-31-10-8-27-48(50)49-28-9-11-32-51(49)56;/h2-36H,1H3;/q-2;. The Kier molecular flexibility index (Phi) is 9.32. The second-order valence-corrected chi connectivity index (χ2v) is 16.6. The van der Waals surface area contributed by atoms with E-state index >= 15 is 0 Å². The van der Waals surface area contributed by atoms with E-state index in [9.17, 15) is 0 Å². The van der Waals surface area contributed by atoms with Crippen molar-refractivity contribution in [3.05, 3.63) is 251 Å². The maximum absolute atomic E-state index is 5.15. The minimum atomic E-state index is -0.698. The van der Waals surface area contributed by atoms with Gasteiger partial charge in [-0.2, -0.15) is 0 Å². The number of aromatic nitrogens is 3. The summed E-state index contributed by atoms with van der Waals surface area (Å²) in [5, 5.41) is 0. The quantitative estimate of drug-likeness (QED) is 0.110. The minimum absolute atomic E-state index is 0.271.